The van der Waals surface area contributed by atoms with Gasteiger partial charge in [-0.25, -0.2) is 4.39 Å². The molecule has 0 aliphatic carbocycles. The van der Waals surface area contributed by atoms with E-state index >= 15 is 0 Å². The first-order valence-electron chi connectivity index (χ1n) is 6.46. The molecule has 0 saturated carbocycles. The lowest BCUT2D eigenvalue weighted by Crippen LogP contribution is -2.42. The number of likely N-dealkylation sites (tertiary alicyclic amines) is 1. The highest BCUT2D eigenvalue weighted by Gasteiger charge is 2.24. The molecule has 2 atom stereocenters. The molecule has 104 valence electrons. The van der Waals surface area contributed by atoms with Crippen LogP contribution in [0.25, 0.3) is 0 Å². The third kappa shape index (κ3) is 3.49. The Morgan fingerprint density at radius 2 is 2.32 bits per heavy atom. The van der Waals surface area contributed by atoms with Crippen molar-refractivity contribution in [2.75, 3.05) is 13.1 Å². The molecule has 0 radical (unpaired) electrons. The first-order chi connectivity index (χ1) is 8.97. The van der Waals surface area contributed by atoms with E-state index in [2.05, 4.69) is 11.8 Å². The van der Waals surface area contributed by atoms with Gasteiger partial charge in [0.2, 0.25) is 0 Å². The molecule has 1 aromatic carbocycles. The number of hydrogen-bond acceptors (Lipinski definition) is 3. The number of β-amino-alcohol motifs (C(OH)–C–C–N with tert-alkyl or cyclic N) is 1. The van der Waals surface area contributed by atoms with E-state index in [9.17, 15) is 9.50 Å². The number of rotatable bonds is 3. The zero-order valence-corrected chi connectivity index (χ0v) is 11.8. The normalized spacial score (nSPS) is 24.4. The monoisotopic (exact) mass is 282 g/mol. The van der Waals surface area contributed by atoms with Crippen molar-refractivity contribution in [1.29, 1.82) is 0 Å². The van der Waals surface area contributed by atoms with Crippen LogP contribution in [-0.4, -0.2) is 34.2 Å². The average molecular weight is 282 g/mol. The SMILES string of the molecule is CC1CCN(Cc2ccc(F)cc2C(N)=S)CC1O. The van der Waals surface area contributed by atoms with Crippen molar-refractivity contribution >= 4 is 17.2 Å². The van der Waals surface area contributed by atoms with Gasteiger partial charge in [0.1, 0.15) is 10.8 Å². The molecule has 1 aliphatic rings. The molecule has 1 aliphatic heterocycles. The fraction of sp³-hybridized carbons (Fsp3) is 0.500. The molecular formula is C14H19FN2OS. The zero-order chi connectivity index (χ0) is 14.0. The van der Waals surface area contributed by atoms with Gasteiger partial charge >= 0.3 is 0 Å². The minimum Gasteiger partial charge on any atom is -0.392 e. The van der Waals surface area contributed by atoms with E-state index in [1.54, 1.807) is 6.07 Å². The van der Waals surface area contributed by atoms with Crippen LogP contribution in [0.15, 0.2) is 18.2 Å². The number of hydrogen-bond donors (Lipinski definition) is 2. The van der Waals surface area contributed by atoms with E-state index in [1.165, 1.54) is 12.1 Å². The van der Waals surface area contributed by atoms with Gasteiger partial charge < -0.3 is 10.8 Å². The number of aliphatic hydroxyl groups excluding tert-OH is 1. The largest absolute Gasteiger partial charge is 0.392 e. The Morgan fingerprint density at radius 1 is 1.58 bits per heavy atom. The van der Waals surface area contributed by atoms with Crippen molar-refractivity contribution in [2.45, 2.75) is 26.0 Å². The summed E-state index contributed by atoms with van der Waals surface area (Å²) in [7, 11) is 0. The highest BCUT2D eigenvalue weighted by Crippen LogP contribution is 2.20. The minimum atomic E-state index is -0.334. The van der Waals surface area contributed by atoms with Gasteiger partial charge in [-0.05, 0) is 36.6 Å². The number of aliphatic hydroxyl groups is 1. The third-order valence-electron chi connectivity index (χ3n) is 3.73. The number of benzene rings is 1. The Morgan fingerprint density at radius 3 is 2.95 bits per heavy atom. The number of thiocarbonyl (C=S) groups is 1. The minimum absolute atomic E-state index is 0.209. The van der Waals surface area contributed by atoms with E-state index in [4.69, 9.17) is 18.0 Å². The van der Waals surface area contributed by atoms with Crippen LogP contribution in [-0.2, 0) is 6.54 Å². The standard InChI is InChI=1S/C14H19FN2OS/c1-9-4-5-17(8-13(9)18)7-10-2-3-11(15)6-12(10)14(16)19/h2-3,6,9,13,18H,4-5,7-8H2,1H3,(H2,16,19). The van der Waals surface area contributed by atoms with Gasteiger partial charge in [-0.3, -0.25) is 4.90 Å². The first kappa shape index (κ1) is 14.4. The summed E-state index contributed by atoms with van der Waals surface area (Å²) in [6.45, 7) is 4.25. The molecule has 3 N–H and O–H groups in total. The predicted octanol–water partition coefficient (Wildman–Crippen LogP) is 1.66. The molecule has 3 nitrogen and oxygen atoms in total. The molecule has 2 rings (SSSR count). The van der Waals surface area contributed by atoms with E-state index < -0.39 is 0 Å². The summed E-state index contributed by atoms with van der Waals surface area (Å²) in [6.07, 6.45) is 0.660. The molecule has 0 aromatic heterocycles. The number of piperidine rings is 1. The molecule has 0 bridgehead atoms. The Kier molecular flexibility index (Phi) is 4.50. The van der Waals surface area contributed by atoms with Crippen LogP contribution in [0, 0.1) is 11.7 Å². The van der Waals surface area contributed by atoms with Gasteiger partial charge in [-0.2, -0.15) is 0 Å². The van der Waals surface area contributed by atoms with E-state index in [0.29, 0.717) is 24.6 Å². The fourth-order valence-electron chi connectivity index (χ4n) is 2.41. The van der Waals surface area contributed by atoms with E-state index in [0.717, 1.165) is 18.5 Å². The summed E-state index contributed by atoms with van der Waals surface area (Å²) in [6, 6.07) is 4.51. The van der Waals surface area contributed by atoms with Gasteiger partial charge in [-0.15, -0.1) is 0 Å². The Bertz CT molecular complexity index is 481. The summed E-state index contributed by atoms with van der Waals surface area (Å²) in [4.78, 5) is 2.36. The van der Waals surface area contributed by atoms with Crippen LogP contribution < -0.4 is 5.73 Å². The summed E-state index contributed by atoms with van der Waals surface area (Å²) >= 11 is 4.96. The number of nitrogens with two attached hydrogens (primary N) is 1. The smallest absolute Gasteiger partial charge is 0.123 e. The van der Waals surface area contributed by atoms with Crippen molar-refractivity contribution in [1.82, 2.24) is 4.90 Å². The van der Waals surface area contributed by atoms with Crippen molar-refractivity contribution in [2.24, 2.45) is 11.7 Å². The van der Waals surface area contributed by atoms with Crippen LogP contribution in [0.5, 0.6) is 0 Å². The molecular weight excluding hydrogens is 263 g/mol. The number of halogens is 1. The second-order valence-electron chi connectivity index (χ2n) is 5.23. The molecule has 0 amide bonds. The van der Waals surface area contributed by atoms with Gasteiger partial charge in [0, 0.05) is 18.7 Å². The van der Waals surface area contributed by atoms with Gasteiger partial charge in [-0.1, -0.05) is 25.2 Å². The topological polar surface area (TPSA) is 49.5 Å². The molecule has 1 fully saturated rings. The Labute approximate surface area is 118 Å². The number of nitrogens with zero attached hydrogens (tertiary/aromatic N) is 1. The van der Waals surface area contributed by atoms with Crippen LogP contribution in [0.3, 0.4) is 0 Å². The van der Waals surface area contributed by atoms with Crippen molar-refractivity contribution in [3.8, 4) is 0 Å². The van der Waals surface area contributed by atoms with E-state index in [1.807, 2.05) is 0 Å². The lowest BCUT2D eigenvalue weighted by Gasteiger charge is -2.34. The second-order valence-corrected chi connectivity index (χ2v) is 5.67. The maximum absolute atomic E-state index is 13.2. The van der Waals surface area contributed by atoms with Crippen molar-refractivity contribution in [3.63, 3.8) is 0 Å². The lowest BCUT2D eigenvalue weighted by atomic mass is 9.95. The molecule has 5 heteroatoms. The zero-order valence-electron chi connectivity index (χ0n) is 11.0. The van der Waals surface area contributed by atoms with Crippen molar-refractivity contribution < 1.29 is 9.50 Å². The van der Waals surface area contributed by atoms with Crippen LogP contribution >= 0.6 is 12.2 Å². The van der Waals surface area contributed by atoms with Crippen molar-refractivity contribution in [3.05, 3.63) is 35.1 Å². The molecule has 1 aromatic rings. The molecule has 19 heavy (non-hydrogen) atoms. The maximum Gasteiger partial charge on any atom is 0.123 e. The molecule has 0 spiro atoms. The predicted molar refractivity (Wildman–Crippen MR) is 77.4 cm³/mol. The molecule has 1 saturated heterocycles. The lowest BCUT2D eigenvalue weighted by molar-refractivity contribution is 0.0259. The van der Waals surface area contributed by atoms with Gasteiger partial charge in [0.15, 0.2) is 0 Å². The van der Waals surface area contributed by atoms with Crippen LogP contribution in [0.4, 0.5) is 4.39 Å². The van der Waals surface area contributed by atoms with Crippen LogP contribution in [0.2, 0.25) is 0 Å². The summed E-state index contributed by atoms with van der Waals surface area (Å²) in [5.74, 6) is -0.00151. The summed E-state index contributed by atoms with van der Waals surface area (Å²) < 4.78 is 13.2. The van der Waals surface area contributed by atoms with Gasteiger partial charge in [0.05, 0.1) is 6.10 Å². The van der Waals surface area contributed by atoms with E-state index in [-0.39, 0.29) is 16.9 Å². The quantitative estimate of drug-likeness (QED) is 0.828. The highest BCUT2D eigenvalue weighted by atomic mass is 32.1. The fourth-order valence-corrected chi connectivity index (χ4v) is 2.60. The highest BCUT2D eigenvalue weighted by molar-refractivity contribution is 7.80. The molecule has 1 heterocycles. The Balaban J connectivity index is 2.13. The van der Waals surface area contributed by atoms with Gasteiger partial charge in [0.25, 0.3) is 0 Å². The first-order valence-corrected chi connectivity index (χ1v) is 6.87. The average Bonchev–Trinajstić information content (AvgIpc) is 2.36. The summed E-state index contributed by atoms with van der Waals surface area (Å²) in [5.41, 5.74) is 7.13. The second kappa shape index (κ2) is 5.94. The summed E-state index contributed by atoms with van der Waals surface area (Å²) in [5, 5.41) is 9.90. The molecule has 2 unspecified atom stereocenters. The van der Waals surface area contributed by atoms with Crippen LogP contribution in [0.1, 0.15) is 24.5 Å². The maximum atomic E-state index is 13.2. The third-order valence-corrected chi connectivity index (χ3v) is 3.95. The Hall–Kier alpha value is -1.04.